The number of hydrogen-bond donors (Lipinski definition) is 1. The highest BCUT2D eigenvalue weighted by Crippen LogP contribution is 2.37. The monoisotopic (exact) mass is 431 g/mol. The number of aromatic nitrogens is 2. The SMILES string of the molecule is N#Cc1ccc(-c2cccnc2)nc1SCC(=O)Nc1sc2c(c1C#N)CCCC2. The molecule has 0 saturated heterocycles. The number of nitriles is 2. The molecular formula is C22H17N5OS2. The topological polar surface area (TPSA) is 102 Å². The lowest BCUT2D eigenvalue weighted by molar-refractivity contribution is -0.113. The minimum absolute atomic E-state index is 0.103. The van der Waals surface area contributed by atoms with Gasteiger partial charge in [0, 0.05) is 22.8 Å². The van der Waals surface area contributed by atoms with Crippen LogP contribution in [0, 0.1) is 22.7 Å². The number of pyridine rings is 2. The van der Waals surface area contributed by atoms with Gasteiger partial charge >= 0.3 is 0 Å². The van der Waals surface area contributed by atoms with Crippen LogP contribution >= 0.6 is 23.1 Å². The second kappa shape index (κ2) is 9.08. The Morgan fingerprint density at radius 1 is 1.20 bits per heavy atom. The minimum Gasteiger partial charge on any atom is -0.316 e. The number of fused-ring (bicyclic) bond motifs is 1. The molecule has 0 spiro atoms. The van der Waals surface area contributed by atoms with E-state index in [2.05, 4.69) is 27.4 Å². The van der Waals surface area contributed by atoms with Gasteiger partial charge in [0.05, 0.1) is 22.6 Å². The number of nitrogens with zero attached hydrogens (tertiary/aromatic N) is 4. The summed E-state index contributed by atoms with van der Waals surface area (Å²) >= 11 is 2.72. The molecule has 0 saturated carbocycles. The molecule has 30 heavy (non-hydrogen) atoms. The fraction of sp³-hybridized carbons (Fsp3) is 0.227. The number of thiophene rings is 1. The van der Waals surface area contributed by atoms with Crippen LogP contribution in [0.25, 0.3) is 11.3 Å². The van der Waals surface area contributed by atoms with Crippen molar-refractivity contribution < 1.29 is 4.79 Å². The van der Waals surface area contributed by atoms with Crippen molar-refractivity contribution in [1.29, 1.82) is 10.5 Å². The lowest BCUT2D eigenvalue weighted by Gasteiger charge is -2.09. The molecule has 1 N–H and O–H groups in total. The van der Waals surface area contributed by atoms with Crippen LogP contribution in [0.2, 0.25) is 0 Å². The lowest BCUT2D eigenvalue weighted by Crippen LogP contribution is -2.14. The van der Waals surface area contributed by atoms with Crippen molar-refractivity contribution in [3.8, 4) is 23.4 Å². The van der Waals surface area contributed by atoms with E-state index in [4.69, 9.17) is 0 Å². The highest BCUT2D eigenvalue weighted by molar-refractivity contribution is 8.00. The molecule has 3 aromatic rings. The van der Waals surface area contributed by atoms with Crippen molar-refractivity contribution in [2.24, 2.45) is 0 Å². The van der Waals surface area contributed by atoms with Crippen molar-refractivity contribution in [3.63, 3.8) is 0 Å². The molecular weight excluding hydrogens is 414 g/mol. The van der Waals surface area contributed by atoms with Crippen LogP contribution in [0.1, 0.15) is 34.4 Å². The van der Waals surface area contributed by atoms with Crippen molar-refractivity contribution in [3.05, 3.63) is 58.2 Å². The summed E-state index contributed by atoms with van der Waals surface area (Å²) < 4.78 is 0. The smallest absolute Gasteiger partial charge is 0.235 e. The summed E-state index contributed by atoms with van der Waals surface area (Å²) in [5.41, 5.74) is 3.65. The van der Waals surface area contributed by atoms with Gasteiger partial charge in [-0.15, -0.1) is 11.3 Å². The Balaban J connectivity index is 1.49. The predicted octanol–water partition coefficient (Wildman–Crippen LogP) is 4.56. The molecule has 0 aromatic carbocycles. The number of anilines is 1. The molecule has 1 aliphatic rings. The summed E-state index contributed by atoms with van der Waals surface area (Å²) in [5.74, 6) is -0.112. The number of rotatable bonds is 5. The zero-order valence-electron chi connectivity index (χ0n) is 16.0. The number of hydrogen-bond acceptors (Lipinski definition) is 7. The van der Waals surface area contributed by atoms with Gasteiger partial charge in [0.1, 0.15) is 22.2 Å². The van der Waals surface area contributed by atoms with E-state index in [-0.39, 0.29) is 11.7 Å². The summed E-state index contributed by atoms with van der Waals surface area (Å²) in [6, 6.07) is 11.6. The lowest BCUT2D eigenvalue weighted by atomic mass is 9.96. The number of aryl methyl sites for hydroxylation is 1. The van der Waals surface area contributed by atoms with E-state index in [1.54, 1.807) is 24.5 Å². The first-order chi connectivity index (χ1) is 14.7. The van der Waals surface area contributed by atoms with Crippen LogP contribution in [-0.4, -0.2) is 21.6 Å². The van der Waals surface area contributed by atoms with Crippen LogP contribution in [0.5, 0.6) is 0 Å². The molecule has 6 nitrogen and oxygen atoms in total. The van der Waals surface area contributed by atoms with Crippen LogP contribution in [0.15, 0.2) is 41.7 Å². The van der Waals surface area contributed by atoms with E-state index in [0.717, 1.165) is 36.8 Å². The van der Waals surface area contributed by atoms with E-state index in [1.807, 2.05) is 12.1 Å². The van der Waals surface area contributed by atoms with E-state index < -0.39 is 0 Å². The summed E-state index contributed by atoms with van der Waals surface area (Å²) in [6.07, 6.45) is 7.46. The number of amides is 1. The average Bonchev–Trinajstić information content (AvgIpc) is 3.14. The summed E-state index contributed by atoms with van der Waals surface area (Å²) in [6.45, 7) is 0. The summed E-state index contributed by atoms with van der Waals surface area (Å²) in [5, 5.41) is 23.0. The van der Waals surface area contributed by atoms with Crippen LogP contribution in [-0.2, 0) is 17.6 Å². The number of carbonyl (C=O) groups excluding carboxylic acids is 1. The Morgan fingerprint density at radius 2 is 2.07 bits per heavy atom. The highest BCUT2D eigenvalue weighted by Gasteiger charge is 2.22. The molecule has 0 atom stereocenters. The fourth-order valence-corrected chi connectivity index (χ4v) is 5.41. The van der Waals surface area contributed by atoms with Gasteiger partial charge in [-0.05, 0) is 55.5 Å². The predicted molar refractivity (Wildman–Crippen MR) is 117 cm³/mol. The van der Waals surface area contributed by atoms with E-state index in [0.29, 0.717) is 26.8 Å². The standard InChI is InChI=1S/C22H17N5OS2/c23-10-14-7-8-18(15-4-3-9-25-12-15)26-21(14)29-13-20(28)27-22-17(11-24)16-5-1-2-6-19(16)30-22/h3-4,7-9,12H,1-2,5-6,13H2,(H,27,28). The minimum atomic E-state index is -0.215. The fourth-order valence-electron chi connectivity index (χ4n) is 3.38. The van der Waals surface area contributed by atoms with Crippen molar-refractivity contribution in [1.82, 2.24) is 9.97 Å². The second-order valence-electron chi connectivity index (χ2n) is 6.77. The molecule has 0 aliphatic heterocycles. The summed E-state index contributed by atoms with van der Waals surface area (Å²) in [7, 11) is 0. The maximum absolute atomic E-state index is 12.6. The van der Waals surface area contributed by atoms with E-state index in [9.17, 15) is 15.3 Å². The van der Waals surface area contributed by atoms with Gasteiger partial charge in [-0.3, -0.25) is 9.78 Å². The molecule has 0 unspecified atom stereocenters. The van der Waals surface area contributed by atoms with Crippen LogP contribution in [0.4, 0.5) is 5.00 Å². The first-order valence-electron chi connectivity index (χ1n) is 9.48. The molecule has 148 valence electrons. The second-order valence-corrected chi connectivity index (χ2v) is 8.84. The van der Waals surface area contributed by atoms with Crippen molar-refractivity contribution in [2.45, 2.75) is 30.7 Å². The normalized spacial score (nSPS) is 12.5. The molecule has 8 heteroatoms. The van der Waals surface area contributed by atoms with Gasteiger partial charge < -0.3 is 5.32 Å². The van der Waals surface area contributed by atoms with E-state index in [1.165, 1.54) is 28.0 Å². The molecule has 4 rings (SSSR count). The third kappa shape index (κ3) is 4.20. The molecule has 3 aromatic heterocycles. The Hall–Kier alpha value is -3.20. The van der Waals surface area contributed by atoms with Crippen molar-refractivity contribution >= 4 is 34.0 Å². The maximum atomic E-state index is 12.6. The van der Waals surface area contributed by atoms with Crippen LogP contribution in [0.3, 0.4) is 0 Å². The van der Waals surface area contributed by atoms with Gasteiger partial charge in [-0.25, -0.2) is 4.98 Å². The molecule has 3 heterocycles. The zero-order chi connectivity index (χ0) is 20.9. The molecule has 1 amide bonds. The zero-order valence-corrected chi connectivity index (χ0v) is 17.6. The van der Waals surface area contributed by atoms with E-state index >= 15 is 0 Å². The van der Waals surface area contributed by atoms with Gasteiger partial charge in [-0.1, -0.05) is 11.8 Å². The third-order valence-corrected chi connectivity index (χ3v) is 7.01. The molecule has 1 aliphatic carbocycles. The molecule has 0 radical (unpaired) electrons. The molecule has 0 fully saturated rings. The highest BCUT2D eigenvalue weighted by atomic mass is 32.2. The van der Waals surface area contributed by atoms with Gasteiger partial charge in [0.2, 0.25) is 5.91 Å². The van der Waals surface area contributed by atoms with Gasteiger partial charge in [0.25, 0.3) is 0 Å². The Labute approximate surface area is 182 Å². The Morgan fingerprint density at radius 3 is 2.83 bits per heavy atom. The average molecular weight is 432 g/mol. The van der Waals surface area contributed by atoms with Crippen LogP contribution < -0.4 is 5.32 Å². The number of carbonyl (C=O) groups is 1. The maximum Gasteiger partial charge on any atom is 0.235 e. The largest absolute Gasteiger partial charge is 0.316 e. The quantitative estimate of drug-likeness (QED) is 0.594. The first-order valence-corrected chi connectivity index (χ1v) is 11.3. The van der Waals surface area contributed by atoms with Gasteiger partial charge in [0.15, 0.2) is 0 Å². The van der Waals surface area contributed by atoms with Gasteiger partial charge in [-0.2, -0.15) is 10.5 Å². The number of thioether (sulfide) groups is 1. The third-order valence-electron chi connectivity index (χ3n) is 4.81. The summed E-state index contributed by atoms with van der Waals surface area (Å²) in [4.78, 5) is 22.4. The first kappa shape index (κ1) is 20.1. The van der Waals surface area contributed by atoms with Crippen molar-refractivity contribution in [2.75, 3.05) is 11.1 Å². The Kier molecular flexibility index (Phi) is 6.08. The number of nitrogens with one attached hydrogen (secondary N) is 1. The molecule has 0 bridgehead atoms. The Bertz CT molecular complexity index is 1170.